The molecular weight excluding hydrogens is 132 g/mol. The Balaban J connectivity index is 0. The molecule has 0 bridgehead atoms. The van der Waals surface area contributed by atoms with Crippen LogP contribution in [-0.4, -0.2) is 25.0 Å². The number of nitriles is 2. The lowest BCUT2D eigenvalue weighted by molar-refractivity contribution is 1.49. The quantitative estimate of drug-likeness (QED) is 0.515. The highest BCUT2D eigenvalue weighted by atomic mass is 32.3. The average Bonchev–Trinajstić information content (AvgIpc) is 1.61. The van der Waals surface area contributed by atoms with Gasteiger partial charge in [-0.3, -0.25) is 10.0 Å². The predicted molar refractivity (Wildman–Crippen MR) is 42.5 cm³/mol. The summed E-state index contributed by atoms with van der Waals surface area (Å²) in [5.74, 6) is 0. The van der Waals surface area contributed by atoms with Crippen molar-refractivity contribution < 1.29 is 0 Å². The minimum Gasteiger partial charge on any atom is -0.253 e. The summed E-state index contributed by atoms with van der Waals surface area (Å²) in [4.78, 5) is 0. The summed E-state index contributed by atoms with van der Waals surface area (Å²) in [6.45, 7) is 0. The van der Waals surface area contributed by atoms with Gasteiger partial charge >= 0.3 is 0 Å². The van der Waals surface area contributed by atoms with E-state index in [4.69, 9.17) is 10.5 Å². The molecule has 2 nitrogen and oxygen atoms in total. The number of hydrogen-bond donors (Lipinski definition) is 0. The first-order chi connectivity index (χ1) is 3.91. The van der Waals surface area contributed by atoms with Crippen LogP contribution < -0.4 is 0 Å². The maximum absolute atomic E-state index is 7.26. The monoisotopic (exact) mass is 144 g/mol. The maximum Gasteiger partial charge on any atom is 0.181 e. The van der Waals surface area contributed by atoms with E-state index in [1.54, 1.807) is 0 Å². The van der Waals surface area contributed by atoms with Gasteiger partial charge in [0.25, 0.3) is 0 Å². The number of hydrogen-bond acceptors (Lipinski definition) is 2. The van der Waals surface area contributed by atoms with E-state index in [2.05, 4.69) is 25.0 Å². The van der Waals surface area contributed by atoms with E-state index in [-0.39, 0.29) is 10.0 Å². The maximum atomic E-state index is 7.26. The lowest BCUT2D eigenvalue weighted by atomic mass is 10.9. The zero-order chi connectivity index (χ0) is 7.91. The van der Waals surface area contributed by atoms with Gasteiger partial charge in [-0.05, 0) is 25.0 Å². The Bertz CT molecular complexity index is 115. The van der Waals surface area contributed by atoms with Crippen molar-refractivity contribution in [2.75, 3.05) is 25.0 Å². The Hall–Kier alpha value is -0.670. The first kappa shape index (κ1) is 11.2. The molecule has 3 heteroatoms. The molecular formula is C6H12N2S. The second-order valence-electron chi connectivity index (χ2n) is 2.67. The van der Waals surface area contributed by atoms with Crippen LogP contribution in [0.2, 0.25) is 0 Å². The van der Waals surface area contributed by atoms with Gasteiger partial charge in [0.2, 0.25) is 0 Å². The van der Waals surface area contributed by atoms with Gasteiger partial charge < -0.3 is 0 Å². The standard InChI is InChI=1S/C4H12S.C2N2/c1-5(2,3)4;3-1-2-4/h1-4H3;. The van der Waals surface area contributed by atoms with Crippen molar-refractivity contribution in [3.05, 3.63) is 0 Å². The van der Waals surface area contributed by atoms with Gasteiger partial charge in [-0.25, -0.2) is 0 Å². The Labute approximate surface area is 58.4 Å². The van der Waals surface area contributed by atoms with Gasteiger partial charge in [0.1, 0.15) is 0 Å². The molecule has 0 fully saturated rings. The van der Waals surface area contributed by atoms with E-state index in [9.17, 15) is 0 Å². The first-order valence-electron chi connectivity index (χ1n) is 2.33. The third kappa shape index (κ3) is 1910. The van der Waals surface area contributed by atoms with Gasteiger partial charge in [-0.1, -0.05) is 0 Å². The molecule has 0 heterocycles. The molecule has 0 saturated carbocycles. The molecule has 0 radical (unpaired) electrons. The van der Waals surface area contributed by atoms with Gasteiger partial charge in [-0.15, -0.1) is 0 Å². The summed E-state index contributed by atoms with van der Waals surface area (Å²) in [5.41, 5.74) is 0. The lowest BCUT2D eigenvalue weighted by Gasteiger charge is -2.15. The second-order valence-corrected chi connectivity index (χ2v) is 7.57. The Kier molecular flexibility index (Phi) is 6.78. The largest absolute Gasteiger partial charge is 0.253 e. The Morgan fingerprint density at radius 2 is 1.00 bits per heavy atom. The molecule has 0 rings (SSSR count). The van der Waals surface area contributed by atoms with E-state index in [0.717, 1.165) is 0 Å². The van der Waals surface area contributed by atoms with Crippen LogP contribution in [0.4, 0.5) is 0 Å². The van der Waals surface area contributed by atoms with Crippen LogP contribution in [0.3, 0.4) is 0 Å². The summed E-state index contributed by atoms with van der Waals surface area (Å²) < 4.78 is 0. The van der Waals surface area contributed by atoms with Crippen molar-refractivity contribution in [2.24, 2.45) is 0 Å². The third-order valence-corrected chi connectivity index (χ3v) is 0.0500. The van der Waals surface area contributed by atoms with Crippen LogP contribution in [0, 0.1) is 22.7 Å². The summed E-state index contributed by atoms with van der Waals surface area (Å²) in [6.07, 6.45) is 9.08. The molecule has 0 aromatic heterocycles. The van der Waals surface area contributed by atoms with E-state index < -0.39 is 0 Å². The lowest BCUT2D eigenvalue weighted by Crippen LogP contribution is -1.82. The molecule has 0 saturated heterocycles. The average molecular weight is 144 g/mol. The number of rotatable bonds is 0. The molecule has 0 spiro atoms. The van der Waals surface area contributed by atoms with Crippen LogP contribution in [0.25, 0.3) is 0 Å². The van der Waals surface area contributed by atoms with Crippen molar-refractivity contribution in [3.8, 4) is 12.1 Å². The first-order valence-corrected chi connectivity index (χ1v) is 5.60. The van der Waals surface area contributed by atoms with Gasteiger partial charge in [0.05, 0.1) is 0 Å². The molecule has 0 amide bonds. The van der Waals surface area contributed by atoms with Gasteiger partial charge in [0, 0.05) is 0 Å². The minimum absolute atomic E-state index is 0.167. The summed E-state index contributed by atoms with van der Waals surface area (Å²) >= 11 is 0. The fraction of sp³-hybridized carbons (Fsp3) is 0.667. The topological polar surface area (TPSA) is 47.6 Å². The van der Waals surface area contributed by atoms with Gasteiger partial charge in [0.15, 0.2) is 12.1 Å². The second kappa shape index (κ2) is 5.47. The van der Waals surface area contributed by atoms with Crippen LogP contribution >= 0.6 is 10.0 Å². The zero-order valence-corrected chi connectivity index (χ0v) is 7.12. The Morgan fingerprint density at radius 1 is 0.889 bits per heavy atom. The van der Waals surface area contributed by atoms with Crippen LogP contribution in [0.15, 0.2) is 0 Å². The summed E-state index contributed by atoms with van der Waals surface area (Å²) in [5, 5.41) is 14.5. The Morgan fingerprint density at radius 3 is 1.00 bits per heavy atom. The fourth-order valence-corrected chi connectivity index (χ4v) is 0. The van der Waals surface area contributed by atoms with E-state index >= 15 is 0 Å². The van der Waals surface area contributed by atoms with E-state index in [1.165, 1.54) is 12.1 Å². The van der Waals surface area contributed by atoms with Gasteiger partial charge in [-0.2, -0.15) is 10.5 Å². The highest BCUT2D eigenvalue weighted by Crippen LogP contribution is 2.27. The van der Waals surface area contributed by atoms with Crippen LogP contribution in [0.5, 0.6) is 0 Å². The number of nitrogens with zero attached hydrogens (tertiary/aromatic N) is 2. The fourth-order valence-electron chi connectivity index (χ4n) is 0. The van der Waals surface area contributed by atoms with Crippen molar-refractivity contribution in [2.45, 2.75) is 0 Å². The smallest absolute Gasteiger partial charge is 0.181 e. The van der Waals surface area contributed by atoms with Crippen molar-refractivity contribution in [1.82, 2.24) is 0 Å². The SMILES string of the molecule is CS(C)(C)C.N#CC#N. The van der Waals surface area contributed by atoms with E-state index in [0.29, 0.717) is 0 Å². The summed E-state index contributed by atoms with van der Waals surface area (Å²) in [6, 6.07) is 2.47. The van der Waals surface area contributed by atoms with Crippen LogP contribution in [0.1, 0.15) is 0 Å². The molecule has 52 valence electrons. The molecule has 0 aromatic carbocycles. The third-order valence-electron chi connectivity index (χ3n) is 0.0500. The molecule has 0 aliphatic rings. The van der Waals surface area contributed by atoms with Crippen molar-refractivity contribution in [3.63, 3.8) is 0 Å². The molecule has 0 aliphatic heterocycles. The van der Waals surface area contributed by atoms with E-state index in [1.807, 2.05) is 0 Å². The highest BCUT2D eigenvalue weighted by Gasteiger charge is 1.86. The molecule has 0 atom stereocenters. The van der Waals surface area contributed by atoms with Crippen LogP contribution in [-0.2, 0) is 0 Å². The predicted octanol–water partition coefficient (Wildman–Crippen LogP) is 1.34. The molecule has 0 unspecified atom stereocenters. The molecule has 0 N–H and O–H groups in total. The van der Waals surface area contributed by atoms with Crippen molar-refractivity contribution >= 4 is 10.0 Å². The normalized spacial score (nSPS) is 9.56. The molecule has 0 aromatic rings. The minimum atomic E-state index is -0.167. The molecule has 9 heavy (non-hydrogen) atoms. The molecule has 0 aliphatic carbocycles. The highest BCUT2D eigenvalue weighted by molar-refractivity contribution is 8.31. The summed E-state index contributed by atoms with van der Waals surface area (Å²) in [7, 11) is -0.167. The van der Waals surface area contributed by atoms with Crippen molar-refractivity contribution in [1.29, 1.82) is 10.5 Å². The zero-order valence-electron chi connectivity index (χ0n) is 6.30.